The summed E-state index contributed by atoms with van der Waals surface area (Å²) in [5.74, 6) is 2.64. The fourth-order valence-corrected chi connectivity index (χ4v) is 2.69. The lowest BCUT2D eigenvalue weighted by Gasteiger charge is -2.22. The van der Waals surface area contributed by atoms with E-state index in [1.165, 1.54) is 5.57 Å². The highest BCUT2D eigenvalue weighted by atomic mass is 16.5. The van der Waals surface area contributed by atoms with E-state index in [1.54, 1.807) is 0 Å². The molecule has 1 aromatic carbocycles. The van der Waals surface area contributed by atoms with Crippen molar-refractivity contribution in [2.24, 2.45) is 5.92 Å². The zero-order chi connectivity index (χ0) is 11.8. The number of ketones is 1. The van der Waals surface area contributed by atoms with E-state index in [4.69, 9.17) is 4.74 Å². The monoisotopic (exact) mass is 228 g/mol. The van der Waals surface area contributed by atoms with Gasteiger partial charge in [-0.3, -0.25) is 4.79 Å². The molecule has 0 aromatic heterocycles. The molecule has 1 unspecified atom stereocenters. The average molecular weight is 228 g/mol. The summed E-state index contributed by atoms with van der Waals surface area (Å²) < 4.78 is 5.94. The molecule has 1 atom stereocenters. The van der Waals surface area contributed by atoms with Gasteiger partial charge in [-0.05, 0) is 36.5 Å². The summed E-state index contributed by atoms with van der Waals surface area (Å²) >= 11 is 0. The van der Waals surface area contributed by atoms with Crippen LogP contribution in [-0.4, -0.2) is 5.78 Å². The van der Waals surface area contributed by atoms with Gasteiger partial charge in [0, 0.05) is 12.8 Å². The van der Waals surface area contributed by atoms with Crippen molar-refractivity contribution in [3.8, 4) is 5.75 Å². The van der Waals surface area contributed by atoms with Crippen LogP contribution < -0.4 is 4.74 Å². The number of carbonyl (C=O) groups excluding carboxylic acids is 1. The summed E-state index contributed by atoms with van der Waals surface area (Å²) in [4.78, 5) is 12.2. The number of hydrogen-bond donors (Lipinski definition) is 0. The lowest BCUT2D eigenvalue weighted by molar-refractivity contribution is 0.0991. The minimum Gasteiger partial charge on any atom is -0.461 e. The molecular weight excluding hydrogens is 212 g/mol. The third kappa shape index (κ3) is 1.88. The third-order valence-corrected chi connectivity index (χ3v) is 3.65. The molecule has 17 heavy (non-hydrogen) atoms. The molecule has 0 saturated carbocycles. The quantitative estimate of drug-likeness (QED) is 0.676. The Balaban J connectivity index is 2.02. The largest absolute Gasteiger partial charge is 0.461 e. The highest BCUT2D eigenvalue weighted by Crippen LogP contribution is 2.37. The number of benzene rings is 1. The van der Waals surface area contributed by atoms with Gasteiger partial charge < -0.3 is 4.74 Å². The number of para-hydroxylation sites is 1. The minimum atomic E-state index is 0.194. The SMILES string of the molecule is CC1CCC2=C(CC(=O)c3ccccc3O2)C1. The first-order chi connectivity index (χ1) is 8.24. The number of fused-ring (bicyclic) bond motifs is 1. The highest BCUT2D eigenvalue weighted by Gasteiger charge is 2.26. The molecule has 2 heteroatoms. The molecule has 1 aliphatic carbocycles. The van der Waals surface area contributed by atoms with Crippen molar-refractivity contribution in [3.05, 3.63) is 41.2 Å². The predicted octanol–water partition coefficient (Wildman–Crippen LogP) is 3.73. The topological polar surface area (TPSA) is 26.3 Å². The predicted molar refractivity (Wildman–Crippen MR) is 66.1 cm³/mol. The number of rotatable bonds is 0. The number of Topliss-reactive ketones (excluding diaryl/α,β-unsaturated/α-hetero) is 1. The maximum Gasteiger partial charge on any atom is 0.170 e. The van der Waals surface area contributed by atoms with Gasteiger partial charge in [-0.25, -0.2) is 0 Å². The third-order valence-electron chi connectivity index (χ3n) is 3.65. The summed E-state index contributed by atoms with van der Waals surface area (Å²) in [6.45, 7) is 2.24. The first-order valence-electron chi connectivity index (χ1n) is 6.25. The second-order valence-corrected chi connectivity index (χ2v) is 5.07. The maximum absolute atomic E-state index is 12.2. The summed E-state index contributed by atoms with van der Waals surface area (Å²) in [6.07, 6.45) is 3.68. The molecule has 0 fully saturated rings. The van der Waals surface area contributed by atoms with Crippen LogP contribution >= 0.6 is 0 Å². The van der Waals surface area contributed by atoms with Crippen LogP contribution in [-0.2, 0) is 0 Å². The van der Waals surface area contributed by atoms with Crippen molar-refractivity contribution < 1.29 is 9.53 Å². The van der Waals surface area contributed by atoms with E-state index in [-0.39, 0.29) is 5.78 Å². The lowest BCUT2D eigenvalue weighted by Crippen LogP contribution is -2.11. The highest BCUT2D eigenvalue weighted by molar-refractivity contribution is 6.00. The number of hydrogen-bond acceptors (Lipinski definition) is 2. The van der Waals surface area contributed by atoms with Crippen molar-refractivity contribution >= 4 is 5.78 Å². The Hall–Kier alpha value is -1.57. The van der Waals surface area contributed by atoms with Crippen LogP contribution in [0.3, 0.4) is 0 Å². The molecule has 2 aliphatic rings. The Bertz CT molecular complexity index is 499. The fourth-order valence-electron chi connectivity index (χ4n) is 2.69. The van der Waals surface area contributed by atoms with Crippen LogP contribution in [0.1, 0.15) is 43.0 Å². The van der Waals surface area contributed by atoms with Gasteiger partial charge in [0.25, 0.3) is 0 Å². The van der Waals surface area contributed by atoms with Crippen LogP contribution in [0.4, 0.5) is 0 Å². The van der Waals surface area contributed by atoms with Gasteiger partial charge in [0.05, 0.1) is 5.56 Å². The number of ether oxygens (including phenoxy) is 1. The van der Waals surface area contributed by atoms with Gasteiger partial charge in [-0.1, -0.05) is 19.1 Å². The Labute approximate surface area is 101 Å². The number of carbonyl (C=O) groups is 1. The summed E-state index contributed by atoms with van der Waals surface area (Å²) in [5, 5.41) is 0. The van der Waals surface area contributed by atoms with Crippen molar-refractivity contribution in [1.82, 2.24) is 0 Å². The Morgan fingerprint density at radius 3 is 3.00 bits per heavy atom. The second kappa shape index (κ2) is 4.02. The van der Waals surface area contributed by atoms with Crippen LogP contribution in [0, 0.1) is 5.92 Å². The lowest BCUT2D eigenvalue weighted by atomic mass is 9.86. The van der Waals surface area contributed by atoms with E-state index in [1.807, 2.05) is 24.3 Å². The maximum atomic E-state index is 12.2. The molecule has 0 bridgehead atoms. The Morgan fingerprint density at radius 2 is 2.12 bits per heavy atom. The van der Waals surface area contributed by atoms with E-state index >= 15 is 0 Å². The van der Waals surface area contributed by atoms with E-state index in [9.17, 15) is 4.79 Å². The zero-order valence-corrected chi connectivity index (χ0v) is 10.0. The molecule has 1 aromatic rings. The molecule has 0 saturated heterocycles. The van der Waals surface area contributed by atoms with Crippen molar-refractivity contribution in [2.45, 2.75) is 32.6 Å². The van der Waals surface area contributed by atoms with Crippen LogP contribution in [0.25, 0.3) is 0 Å². The van der Waals surface area contributed by atoms with Crippen LogP contribution in [0.5, 0.6) is 5.75 Å². The molecule has 0 radical (unpaired) electrons. The van der Waals surface area contributed by atoms with Gasteiger partial charge in [-0.2, -0.15) is 0 Å². The summed E-state index contributed by atoms with van der Waals surface area (Å²) in [5.41, 5.74) is 1.94. The molecule has 1 aliphatic heterocycles. The van der Waals surface area contributed by atoms with E-state index < -0.39 is 0 Å². The normalized spacial score (nSPS) is 23.6. The fraction of sp³-hybridized carbons (Fsp3) is 0.400. The van der Waals surface area contributed by atoms with Gasteiger partial charge >= 0.3 is 0 Å². The van der Waals surface area contributed by atoms with Gasteiger partial charge in [0.1, 0.15) is 11.5 Å². The Kier molecular flexibility index (Phi) is 2.50. The van der Waals surface area contributed by atoms with Crippen molar-refractivity contribution in [1.29, 1.82) is 0 Å². The van der Waals surface area contributed by atoms with Crippen molar-refractivity contribution in [3.63, 3.8) is 0 Å². The summed E-state index contributed by atoms with van der Waals surface area (Å²) in [6, 6.07) is 7.57. The van der Waals surface area contributed by atoms with Crippen molar-refractivity contribution in [2.75, 3.05) is 0 Å². The smallest absolute Gasteiger partial charge is 0.170 e. The van der Waals surface area contributed by atoms with Gasteiger partial charge in [-0.15, -0.1) is 0 Å². The zero-order valence-electron chi connectivity index (χ0n) is 10.0. The van der Waals surface area contributed by atoms with E-state index in [2.05, 4.69) is 6.92 Å². The summed E-state index contributed by atoms with van der Waals surface area (Å²) in [7, 11) is 0. The average Bonchev–Trinajstić information content (AvgIpc) is 2.46. The second-order valence-electron chi connectivity index (χ2n) is 5.07. The van der Waals surface area contributed by atoms with Crippen LogP contribution in [0.2, 0.25) is 0 Å². The van der Waals surface area contributed by atoms with Crippen LogP contribution in [0.15, 0.2) is 35.6 Å². The standard InChI is InChI=1S/C15H16O2/c1-10-6-7-14-11(8-10)9-13(16)12-4-2-3-5-15(12)17-14/h2-5,10H,6-9H2,1H3. The number of allylic oxidation sites excluding steroid dienone is 2. The van der Waals surface area contributed by atoms with E-state index in [0.29, 0.717) is 12.3 Å². The Morgan fingerprint density at radius 1 is 1.29 bits per heavy atom. The molecule has 2 nitrogen and oxygen atoms in total. The molecule has 0 spiro atoms. The minimum absolute atomic E-state index is 0.194. The molecule has 0 amide bonds. The van der Waals surface area contributed by atoms with E-state index in [0.717, 1.165) is 36.3 Å². The molecule has 3 rings (SSSR count). The van der Waals surface area contributed by atoms with Gasteiger partial charge in [0.2, 0.25) is 0 Å². The molecule has 88 valence electrons. The molecule has 0 N–H and O–H groups in total. The molecule has 1 heterocycles. The first-order valence-corrected chi connectivity index (χ1v) is 6.25. The van der Waals surface area contributed by atoms with Gasteiger partial charge in [0.15, 0.2) is 5.78 Å². The first kappa shape index (κ1) is 10.6. The molecular formula is C15H16O2.